The molecule has 0 heterocycles. The van der Waals surface area contributed by atoms with Crippen LogP contribution in [0.5, 0.6) is 0 Å². The summed E-state index contributed by atoms with van der Waals surface area (Å²) < 4.78 is 26.5. The molecule has 0 radical (unpaired) electrons. The molecule has 0 aliphatic carbocycles. The SMILES string of the molecule is Cc1ccc(C)c(N(Cc2ccc(C(=O)Nc3ccccc3C(C)C)cc2)S(C)(=O)=O)c1. The van der Waals surface area contributed by atoms with Gasteiger partial charge in [0.2, 0.25) is 10.0 Å². The van der Waals surface area contributed by atoms with Crippen LogP contribution in [0.15, 0.2) is 66.7 Å². The molecule has 0 fully saturated rings. The quantitative estimate of drug-likeness (QED) is 0.506. The fourth-order valence-corrected chi connectivity index (χ4v) is 4.54. The van der Waals surface area contributed by atoms with Gasteiger partial charge in [0.15, 0.2) is 0 Å². The molecule has 0 atom stereocenters. The first-order valence-electron chi connectivity index (χ1n) is 10.6. The third-order valence-electron chi connectivity index (χ3n) is 5.41. The number of aryl methyl sites for hydroxylation is 2. The summed E-state index contributed by atoms with van der Waals surface area (Å²) in [5.41, 5.74) is 5.75. The van der Waals surface area contributed by atoms with E-state index in [0.29, 0.717) is 17.2 Å². The Morgan fingerprint density at radius 3 is 2.25 bits per heavy atom. The molecule has 0 aliphatic heterocycles. The normalized spacial score (nSPS) is 11.4. The molecule has 3 rings (SSSR count). The van der Waals surface area contributed by atoms with Gasteiger partial charge in [-0.05, 0) is 66.3 Å². The third kappa shape index (κ3) is 5.56. The van der Waals surface area contributed by atoms with Crippen LogP contribution in [0.1, 0.15) is 52.4 Å². The average Bonchev–Trinajstić information content (AvgIpc) is 2.73. The van der Waals surface area contributed by atoms with Crippen molar-refractivity contribution in [2.24, 2.45) is 0 Å². The van der Waals surface area contributed by atoms with Gasteiger partial charge in [-0.3, -0.25) is 9.10 Å². The van der Waals surface area contributed by atoms with Crippen LogP contribution in [0.4, 0.5) is 11.4 Å². The lowest BCUT2D eigenvalue weighted by Gasteiger charge is -2.25. The third-order valence-corrected chi connectivity index (χ3v) is 6.53. The van der Waals surface area contributed by atoms with Crippen LogP contribution < -0.4 is 9.62 Å². The van der Waals surface area contributed by atoms with Crippen LogP contribution in [0.3, 0.4) is 0 Å². The maximum absolute atomic E-state index is 12.8. The van der Waals surface area contributed by atoms with Gasteiger partial charge in [0.25, 0.3) is 5.91 Å². The van der Waals surface area contributed by atoms with Gasteiger partial charge >= 0.3 is 0 Å². The first-order valence-corrected chi connectivity index (χ1v) is 12.5. The number of nitrogens with zero attached hydrogens (tertiary/aromatic N) is 1. The number of hydrogen-bond acceptors (Lipinski definition) is 3. The molecule has 0 spiro atoms. The summed E-state index contributed by atoms with van der Waals surface area (Å²) in [5.74, 6) is 0.0973. The minimum Gasteiger partial charge on any atom is -0.322 e. The zero-order valence-corrected chi connectivity index (χ0v) is 20.0. The molecule has 5 nitrogen and oxygen atoms in total. The average molecular weight is 451 g/mol. The van der Waals surface area contributed by atoms with Gasteiger partial charge in [-0.15, -0.1) is 0 Å². The van der Waals surface area contributed by atoms with Crippen molar-refractivity contribution in [3.63, 3.8) is 0 Å². The fraction of sp³-hybridized carbons (Fsp3) is 0.269. The summed E-state index contributed by atoms with van der Waals surface area (Å²) in [5, 5.41) is 2.99. The predicted molar refractivity (Wildman–Crippen MR) is 132 cm³/mol. The highest BCUT2D eigenvalue weighted by Crippen LogP contribution is 2.27. The van der Waals surface area contributed by atoms with Crippen molar-refractivity contribution in [1.82, 2.24) is 0 Å². The van der Waals surface area contributed by atoms with E-state index in [-0.39, 0.29) is 12.5 Å². The van der Waals surface area contributed by atoms with Crippen LogP contribution in [0, 0.1) is 13.8 Å². The Morgan fingerprint density at radius 1 is 0.969 bits per heavy atom. The first-order chi connectivity index (χ1) is 15.1. The van der Waals surface area contributed by atoms with Gasteiger partial charge in [0, 0.05) is 11.3 Å². The number of hydrogen-bond donors (Lipinski definition) is 1. The zero-order chi connectivity index (χ0) is 23.5. The largest absolute Gasteiger partial charge is 0.322 e. The molecule has 1 N–H and O–H groups in total. The maximum atomic E-state index is 12.8. The number of nitrogens with one attached hydrogen (secondary N) is 1. The lowest BCUT2D eigenvalue weighted by atomic mass is 10.0. The monoisotopic (exact) mass is 450 g/mol. The van der Waals surface area contributed by atoms with Crippen LogP contribution in [0.2, 0.25) is 0 Å². The van der Waals surface area contributed by atoms with Crippen molar-refractivity contribution in [3.8, 4) is 0 Å². The number of anilines is 2. The standard InChI is InChI=1S/C26H30N2O3S/c1-18(2)23-8-6-7-9-24(23)27-26(29)22-14-12-21(13-15-22)17-28(32(5,30)31)25-16-19(3)10-11-20(25)4/h6-16,18H,17H2,1-5H3,(H,27,29). The molecule has 0 bridgehead atoms. The Hall–Kier alpha value is -3.12. The van der Waals surface area contributed by atoms with E-state index in [0.717, 1.165) is 27.9 Å². The summed E-state index contributed by atoms with van der Waals surface area (Å²) in [7, 11) is -3.48. The van der Waals surface area contributed by atoms with E-state index in [2.05, 4.69) is 19.2 Å². The molecule has 1 amide bonds. The van der Waals surface area contributed by atoms with E-state index < -0.39 is 10.0 Å². The minimum absolute atomic E-state index is 0.195. The van der Waals surface area contributed by atoms with Gasteiger partial charge in [0.1, 0.15) is 0 Å². The summed E-state index contributed by atoms with van der Waals surface area (Å²) in [4.78, 5) is 12.8. The van der Waals surface area contributed by atoms with E-state index in [9.17, 15) is 13.2 Å². The first kappa shape index (κ1) is 23.5. The van der Waals surface area contributed by atoms with E-state index in [1.807, 2.05) is 56.3 Å². The van der Waals surface area contributed by atoms with Crippen molar-refractivity contribution in [3.05, 3.63) is 94.5 Å². The second kappa shape index (κ2) is 9.57. The number of rotatable bonds is 7. The van der Waals surface area contributed by atoms with E-state index in [4.69, 9.17) is 0 Å². The molecule has 3 aromatic carbocycles. The number of benzene rings is 3. The van der Waals surface area contributed by atoms with Crippen molar-refractivity contribution >= 4 is 27.3 Å². The van der Waals surface area contributed by atoms with Crippen LogP contribution in [0.25, 0.3) is 0 Å². The molecule has 32 heavy (non-hydrogen) atoms. The van der Waals surface area contributed by atoms with E-state index in [1.165, 1.54) is 10.6 Å². The number of amides is 1. The van der Waals surface area contributed by atoms with Crippen LogP contribution >= 0.6 is 0 Å². The second-order valence-corrected chi connectivity index (χ2v) is 10.4. The molecule has 6 heteroatoms. The molecule has 0 unspecified atom stereocenters. The van der Waals surface area contributed by atoms with Gasteiger partial charge < -0.3 is 5.32 Å². The molecule has 0 saturated carbocycles. The van der Waals surface area contributed by atoms with Crippen molar-refractivity contribution in [2.75, 3.05) is 15.9 Å². The van der Waals surface area contributed by atoms with Gasteiger partial charge in [0.05, 0.1) is 18.5 Å². The molecule has 0 aromatic heterocycles. The Morgan fingerprint density at radius 2 is 1.62 bits per heavy atom. The lowest BCUT2D eigenvalue weighted by Crippen LogP contribution is -2.30. The number of sulfonamides is 1. The Bertz CT molecular complexity index is 1220. The van der Waals surface area contributed by atoms with Crippen LogP contribution in [-0.4, -0.2) is 20.6 Å². The molecule has 3 aromatic rings. The second-order valence-electron chi connectivity index (χ2n) is 8.45. The number of carbonyl (C=O) groups is 1. The highest BCUT2D eigenvalue weighted by atomic mass is 32.2. The Labute approximate surface area is 191 Å². The Balaban J connectivity index is 1.81. The topological polar surface area (TPSA) is 66.5 Å². The maximum Gasteiger partial charge on any atom is 0.255 e. The molecule has 0 aliphatic rings. The van der Waals surface area contributed by atoms with Crippen molar-refractivity contribution in [1.29, 1.82) is 0 Å². The number of para-hydroxylation sites is 1. The highest BCUT2D eigenvalue weighted by Gasteiger charge is 2.20. The van der Waals surface area contributed by atoms with Crippen molar-refractivity contribution in [2.45, 2.75) is 40.2 Å². The summed E-state index contributed by atoms with van der Waals surface area (Å²) in [6.45, 7) is 8.21. The van der Waals surface area contributed by atoms with Gasteiger partial charge in [-0.25, -0.2) is 8.42 Å². The lowest BCUT2D eigenvalue weighted by molar-refractivity contribution is 0.102. The smallest absolute Gasteiger partial charge is 0.255 e. The summed E-state index contributed by atoms with van der Waals surface area (Å²) >= 11 is 0. The molecular weight excluding hydrogens is 420 g/mol. The predicted octanol–water partition coefficient (Wildman–Crippen LogP) is 5.65. The fourth-order valence-electron chi connectivity index (χ4n) is 3.61. The summed E-state index contributed by atoms with van der Waals surface area (Å²) in [6, 6.07) is 20.6. The Kier molecular flexibility index (Phi) is 7.04. The van der Waals surface area contributed by atoms with E-state index in [1.54, 1.807) is 24.3 Å². The van der Waals surface area contributed by atoms with Crippen molar-refractivity contribution < 1.29 is 13.2 Å². The number of carbonyl (C=O) groups excluding carboxylic acids is 1. The molecule has 168 valence electrons. The molecular formula is C26H30N2O3S. The van der Waals surface area contributed by atoms with Gasteiger partial charge in [-0.2, -0.15) is 0 Å². The van der Waals surface area contributed by atoms with Crippen LogP contribution in [-0.2, 0) is 16.6 Å². The highest BCUT2D eigenvalue weighted by molar-refractivity contribution is 7.92. The minimum atomic E-state index is -3.48. The van der Waals surface area contributed by atoms with Gasteiger partial charge in [-0.1, -0.05) is 56.3 Å². The van der Waals surface area contributed by atoms with E-state index >= 15 is 0 Å². The molecule has 0 saturated heterocycles. The summed E-state index contributed by atoms with van der Waals surface area (Å²) in [6.07, 6.45) is 1.21. The zero-order valence-electron chi connectivity index (χ0n) is 19.2.